The molecule has 0 amide bonds. The van der Waals surface area contributed by atoms with Gasteiger partial charge in [-0.05, 0) is 28.8 Å². The second-order valence-corrected chi connectivity index (χ2v) is 8.20. The molecule has 0 spiro atoms. The van der Waals surface area contributed by atoms with Gasteiger partial charge in [-0.15, -0.1) is 0 Å². The fourth-order valence-electron chi connectivity index (χ4n) is 4.83. The third kappa shape index (κ3) is 2.75. The fourth-order valence-corrected chi connectivity index (χ4v) is 4.83. The summed E-state index contributed by atoms with van der Waals surface area (Å²) in [5.41, 5.74) is 6.76. The molecule has 0 unspecified atom stereocenters. The minimum Gasteiger partial charge on any atom is -0.438 e. The number of ether oxygens (including phenoxy) is 1. The predicted octanol–water partition coefficient (Wildman–Crippen LogP) is 6.44. The Kier molecular flexibility index (Phi) is 4.06. The number of nitrogens with zero attached hydrogens (tertiary/aromatic N) is 3. The summed E-state index contributed by atoms with van der Waals surface area (Å²) in [5, 5.41) is 8.52. The molecule has 3 heterocycles. The van der Waals surface area contributed by atoms with E-state index in [1.807, 2.05) is 17.8 Å². The topological polar surface area (TPSA) is 39.9 Å². The molecule has 0 saturated heterocycles. The van der Waals surface area contributed by atoms with Crippen LogP contribution in [-0.2, 0) is 19.9 Å². The molecule has 5 aromatic rings. The van der Waals surface area contributed by atoms with E-state index in [1.165, 1.54) is 27.5 Å². The molecular weight excluding hydrogens is 382 g/mol. The summed E-state index contributed by atoms with van der Waals surface area (Å²) in [4.78, 5) is 4.96. The fraction of sp³-hybridized carbons (Fsp3) is 0.185. The van der Waals surface area contributed by atoms with E-state index >= 15 is 0 Å². The van der Waals surface area contributed by atoms with Crippen molar-refractivity contribution in [3.63, 3.8) is 0 Å². The zero-order chi connectivity index (χ0) is 20.9. The molecule has 0 fully saturated rings. The minimum absolute atomic E-state index is 0.723. The average Bonchev–Trinajstić information content (AvgIpc) is 3.14. The molecule has 4 nitrogen and oxygen atoms in total. The lowest BCUT2D eigenvalue weighted by Crippen LogP contribution is -2.10. The zero-order valence-electron chi connectivity index (χ0n) is 17.7. The second kappa shape index (κ2) is 6.95. The van der Waals surface area contributed by atoms with Gasteiger partial charge in [0.1, 0.15) is 11.4 Å². The normalized spacial score (nSPS) is 12.6. The molecule has 3 aromatic carbocycles. The standard InChI is InChI=1S/C27H23N3O/c1-3-9-20-22-16-21-19-13-8-7-10-17(19)14-15-23(21)31-27(22)28-26-24(20)25(29-30(26)2)18-11-5-4-6-12-18/h4-8,10-15H,3,9,16H2,1-2H3. The molecule has 6 rings (SSSR count). The van der Waals surface area contributed by atoms with Gasteiger partial charge in [0.05, 0.1) is 5.39 Å². The van der Waals surface area contributed by atoms with E-state index in [0.29, 0.717) is 0 Å². The first-order valence-electron chi connectivity index (χ1n) is 10.9. The van der Waals surface area contributed by atoms with Gasteiger partial charge in [-0.3, -0.25) is 0 Å². The monoisotopic (exact) mass is 405 g/mol. The Morgan fingerprint density at radius 3 is 2.58 bits per heavy atom. The first kappa shape index (κ1) is 18.1. The Labute approximate surface area is 181 Å². The van der Waals surface area contributed by atoms with E-state index in [4.69, 9.17) is 14.8 Å². The Bertz CT molecular complexity index is 1450. The summed E-state index contributed by atoms with van der Waals surface area (Å²) in [6.07, 6.45) is 2.85. The van der Waals surface area contributed by atoms with Gasteiger partial charge in [0.15, 0.2) is 5.65 Å². The van der Waals surface area contributed by atoms with Gasteiger partial charge in [0, 0.05) is 30.2 Å². The van der Waals surface area contributed by atoms with Gasteiger partial charge >= 0.3 is 0 Å². The lowest BCUT2D eigenvalue weighted by atomic mass is 9.90. The molecule has 0 atom stereocenters. The molecular formula is C27H23N3O. The van der Waals surface area contributed by atoms with E-state index in [1.54, 1.807) is 0 Å². The van der Waals surface area contributed by atoms with E-state index in [2.05, 4.69) is 67.6 Å². The number of benzene rings is 3. The minimum atomic E-state index is 0.723. The van der Waals surface area contributed by atoms with Crippen molar-refractivity contribution in [3.8, 4) is 22.9 Å². The van der Waals surface area contributed by atoms with E-state index in [9.17, 15) is 0 Å². The van der Waals surface area contributed by atoms with Crippen LogP contribution in [0.2, 0.25) is 0 Å². The summed E-state index contributed by atoms with van der Waals surface area (Å²) >= 11 is 0. The van der Waals surface area contributed by atoms with Crippen LogP contribution in [0.5, 0.6) is 11.6 Å². The van der Waals surface area contributed by atoms with Crippen molar-refractivity contribution < 1.29 is 4.74 Å². The number of hydrogen-bond donors (Lipinski definition) is 0. The van der Waals surface area contributed by atoms with Crippen molar-refractivity contribution in [2.24, 2.45) is 7.05 Å². The first-order valence-corrected chi connectivity index (χ1v) is 10.9. The highest BCUT2D eigenvalue weighted by molar-refractivity contribution is 5.96. The lowest BCUT2D eigenvalue weighted by molar-refractivity contribution is 0.442. The molecule has 0 saturated carbocycles. The van der Waals surface area contributed by atoms with Crippen LogP contribution in [0.15, 0.2) is 66.7 Å². The maximum atomic E-state index is 6.40. The van der Waals surface area contributed by atoms with Gasteiger partial charge in [-0.25, -0.2) is 4.68 Å². The van der Waals surface area contributed by atoms with Crippen LogP contribution in [0.3, 0.4) is 0 Å². The van der Waals surface area contributed by atoms with E-state index < -0.39 is 0 Å². The summed E-state index contributed by atoms with van der Waals surface area (Å²) in [5.74, 6) is 1.63. The zero-order valence-corrected chi connectivity index (χ0v) is 17.7. The van der Waals surface area contributed by atoms with Crippen LogP contribution in [0.4, 0.5) is 0 Å². The van der Waals surface area contributed by atoms with E-state index in [-0.39, 0.29) is 0 Å². The Balaban J connectivity index is 1.63. The SMILES string of the molecule is CCCc1c2c(nc3c1c(-c1ccccc1)nn3C)Oc1ccc3ccccc3c1C2. The third-order valence-electron chi connectivity index (χ3n) is 6.25. The molecule has 0 radical (unpaired) electrons. The van der Waals surface area contributed by atoms with Gasteiger partial charge < -0.3 is 4.74 Å². The quantitative estimate of drug-likeness (QED) is 0.340. The summed E-state index contributed by atoms with van der Waals surface area (Å²) in [6.45, 7) is 2.23. The number of fused-ring (bicyclic) bond motifs is 5. The molecule has 0 N–H and O–H groups in total. The molecule has 31 heavy (non-hydrogen) atoms. The lowest BCUT2D eigenvalue weighted by Gasteiger charge is -2.24. The molecule has 152 valence electrons. The molecule has 4 heteroatoms. The third-order valence-corrected chi connectivity index (χ3v) is 6.25. The van der Waals surface area contributed by atoms with Crippen molar-refractivity contribution in [1.29, 1.82) is 0 Å². The van der Waals surface area contributed by atoms with Crippen LogP contribution >= 0.6 is 0 Å². The van der Waals surface area contributed by atoms with Gasteiger partial charge in [0.25, 0.3) is 0 Å². The number of aryl methyl sites for hydroxylation is 2. The van der Waals surface area contributed by atoms with Crippen LogP contribution in [0.25, 0.3) is 33.1 Å². The molecule has 0 bridgehead atoms. The highest BCUT2D eigenvalue weighted by Crippen LogP contribution is 2.44. The van der Waals surface area contributed by atoms with Gasteiger partial charge in [-0.2, -0.15) is 10.1 Å². The largest absolute Gasteiger partial charge is 0.438 e. The van der Waals surface area contributed by atoms with Crippen LogP contribution < -0.4 is 4.74 Å². The van der Waals surface area contributed by atoms with Crippen molar-refractivity contribution in [3.05, 3.63) is 83.4 Å². The molecule has 2 aromatic heterocycles. The number of pyridine rings is 1. The molecule has 1 aliphatic rings. The Morgan fingerprint density at radius 1 is 0.935 bits per heavy atom. The number of rotatable bonds is 3. The predicted molar refractivity (Wildman–Crippen MR) is 125 cm³/mol. The van der Waals surface area contributed by atoms with Crippen LogP contribution in [0, 0.1) is 0 Å². The first-order chi connectivity index (χ1) is 15.2. The molecule has 0 aliphatic carbocycles. The van der Waals surface area contributed by atoms with Crippen molar-refractivity contribution in [2.75, 3.05) is 0 Å². The Morgan fingerprint density at radius 2 is 1.74 bits per heavy atom. The van der Waals surface area contributed by atoms with Crippen molar-refractivity contribution >= 4 is 21.8 Å². The van der Waals surface area contributed by atoms with Crippen molar-refractivity contribution in [1.82, 2.24) is 14.8 Å². The van der Waals surface area contributed by atoms with Gasteiger partial charge in [0.2, 0.25) is 5.88 Å². The number of aromatic nitrogens is 3. The maximum Gasteiger partial charge on any atom is 0.225 e. The smallest absolute Gasteiger partial charge is 0.225 e. The summed E-state index contributed by atoms with van der Waals surface area (Å²) in [7, 11) is 1.97. The van der Waals surface area contributed by atoms with Gasteiger partial charge in [-0.1, -0.05) is 74.0 Å². The van der Waals surface area contributed by atoms with Crippen LogP contribution in [0.1, 0.15) is 30.0 Å². The van der Waals surface area contributed by atoms with Crippen molar-refractivity contribution in [2.45, 2.75) is 26.2 Å². The highest BCUT2D eigenvalue weighted by atomic mass is 16.5. The van der Waals surface area contributed by atoms with Crippen LogP contribution in [-0.4, -0.2) is 14.8 Å². The molecule has 1 aliphatic heterocycles. The average molecular weight is 406 g/mol. The summed E-state index contributed by atoms with van der Waals surface area (Å²) in [6, 6.07) is 23.1. The highest BCUT2D eigenvalue weighted by Gasteiger charge is 2.27. The van der Waals surface area contributed by atoms with E-state index in [0.717, 1.165) is 53.2 Å². The maximum absolute atomic E-state index is 6.40. The Hall–Kier alpha value is -3.66. The summed E-state index contributed by atoms with van der Waals surface area (Å²) < 4.78 is 8.28. The number of hydrogen-bond acceptors (Lipinski definition) is 3. The second-order valence-electron chi connectivity index (χ2n) is 8.20.